The van der Waals surface area contributed by atoms with Gasteiger partial charge in [-0.3, -0.25) is 0 Å². The van der Waals surface area contributed by atoms with E-state index in [4.69, 9.17) is 16.2 Å². The van der Waals surface area contributed by atoms with Crippen LogP contribution in [-0.4, -0.2) is 28.7 Å². The standard InChI is InChI=1S/C6H9N5O2/c7-6(8)9-3-5(12)13-4-1-2-10-11-4/h1-2H,3H2,(H,10,11)(H4,7,8,9). The summed E-state index contributed by atoms with van der Waals surface area (Å²) in [6.07, 6.45) is 1.46. The molecule has 0 bridgehead atoms. The molecule has 7 heteroatoms. The van der Waals surface area contributed by atoms with Crippen LogP contribution in [0.15, 0.2) is 17.3 Å². The van der Waals surface area contributed by atoms with E-state index in [1.54, 1.807) is 0 Å². The maximum absolute atomic E-state index is 10.9. The summed E-state index contributed by atoms with van der Waals surface area (Å²) in [6, 6.07) is 1.51. The Morgan fingerprint density at radius 1 is 1.69 bits per heavy atom. The normalized spacial score (nSPS) is 9.23. The topological polar surface area (TPSA) is 119 Å². The molecule has 1 aromatic rings. The van der Waals surface area contributed by atoms with Gasteiger partial charge in [0, 0.05) is 6.07 Å². The summed E-state index contributed by atoms with van der Waals surface area (Å²) >= 11 is 0. The van der Waals surface area contributed by atoms with E-state index < -0.39 is 5.97 Å². The van der Waals surface area contributed by atoms with Gasteiger partial charge in [0.2, 0.25) is 5.88 Å². The van der Waals surface area contributed by atoms with Crippen LogP contribution in [-0.2, 0) is 4.79 Å². The first kappa shape index (κ1) is 9.04. The van der Waals surface area contributed by atoms with E-state index >= 15 is 0 Å². The lowest BCUT2D eigenvalue weighted by molar-refractivity contribution is -0.132. The number of rotatable bonds is 3. The van der Waals surface area contributed by atoms with Crippen LogP contribution in [0, 0.1) is 0 Å². The smallest absolute Gasteiger partial charge is 0.334 e. The van der Waals surface area contributed by atoms with Crippen LogP contribution in [0.4, 0.5) is 0 Å². The minimum atomic E-state index is -0.558. The highest BCUT2D eigenvalue weighted by Gasteiger charge is 2.03. The number of ether oxygens (including phenoxy) is 1. The first-order chi connectivity index (χ1) is 6.18. The number of nitrogens with one attached hydrogen (secondary N) is 1. The van der Waals surface area contributed by atoms with Gasteiger partial charge in [0.25, 0.3) is 0 Å². The number of carbonyl (C=O) groups excluding carboxylic acids is 1. The first-order valence-corrected chi connectivity index (χ1v) is 3.44. The Hall–Kier alpha value is -2.05. The summed E-state index contributed by atoms with van der Waals surface area (Å²) in [5.74, 6) is -0.449. The maximum Gasteiger partial charge on any atom is 0.334 e. The molecule has 0 aliphatic rings. The summed E-state index contributed by atoms with van der Waals surface area (Å²) < 4.78 is 4.73. The Labute approximate surface area is 73.8 Å². The average Bonchev–Trinajstić information content (AvgIpc) is 2.53. The monoisotopic (exact) mass is 183 g/mol. The highest BCUT2D eigenvalue weighted by Crippen LogP contribution is 2.01. The number of hydrogen-bond donors (Lipinski definition) is 3. The van der Waals surface area contributed by atoms with E-state index in [2.05, 4.69) is 15.2 Å². The van der Waals surface area contributed by atoms with Crippen molar-refractivity contribution < 1.29 is 9.53 Å². The zero-order valence-electron chi connectivity index (χ0n) is 6.73. The molecule has 0 saturated heterocycles. The van der Waals surface area contributed by atoms with Crippen LogP contribution in [0.5, 0.6) is 5.88 Å². The maximum atomic E-state index is 10.9. The van der Waals surface area contributed by atoms with Gasteiger partial charge in [0.1, 0.15) is 6.54 Å². The third-order valence-electron chi connectivity index (χ3n) is 1.09. The van der Waals surface area contributed by atoms with Gasteiger partial charge in [0.05, 0.1) is 6.20 Å². The second-order valence-electron chi connectivity index (χ2n) is 2.14. The van der Waals surface area contributed by atoms with Crippen LogP contribution in [0.2, 0.25) is 0 Å². The predicted octanol–water partition coefficient (Wildman–Crippen LogP) is -1.41. The molecule has 13 heavy (non-hydrogen) atoms. The molecule has 1 aromatic heterocycles. The third kappa shape index (κ3) is 3.23. The third-order valence-corrected chi connectivity index (χ3v) is 1.09. The van der Waals surface area contributed by atoms with Crippen molar-refractivity contribution >= 4 is 11.9 Å². The quantitative estimate of drug-likeness (QED) is 0.302. The number of hydrogen-bond acceptors (Lipinski definition) is 4. The molecule has 5 N–H and O–H groups in total. The zero-order valence-corrected chi connectivity index (χ0v) is 6.73. The van der Waals surface area contributed by atoms with Crippen molar-refractivity contribution in [3.05, 3.63) is 12.3 Å². The minimum absolute atomic E-state index is 0.151. The molecule has 1 heterocycles. The van der Waals surface area contributed by atoms with E-state index in [0.717, 1.165) is 0 Å². The Balaban J connectivity index is 2.39. The van der Waals surface area contributed by atoms with Gasteiger partial charge in [-0.25, -0.2) is 14.9 Å². The summed E-state index contributed by atoms with van der Waals surface area (Å²) in [4.78, 5) is 14.4. The minimum Gasteiger partial charge on any atom is -0.407 e. The molecule has 1 rings (SSSR count). The molecule has 0 spiro atoms. The van der Waals surface area contributed by atoms with E-state index in [1.165, 1.54) is 12.3 Å². The zero-order chi connectivity index (χ0) is 9.68. The van der Waals surface area contributed by atoms with E-state index in [0.29, 0.717) is 0 Å². The van der Waals surface area contributed by atoms with Gasteiger partial charge in [0.15, 0.2) is 5.96 Å². The summed E-state index contributed by atoms with van der Waals surface area (Å²) in [5.41, 5.74) is 10.0. The van der Waals surface area contributed by atoms with Gasteiger partial charge in [-0.05, 0) is 0 Å². The molecule has 0 fully saturated rings. The molecule has 0 aliphatic heterocycles. The lowest BCUT2D eigenvalue weighted by Gasteiger charge is -1.97. The number of H-pyrrole nitrogens is 1. The summed E-state index contributed by atoms with van der Waals surface area (Å²) in [6.45, 7) is -0.207. The SMILES string of the molecule is NC(N)=NCC(=O)Oc1ccn[nH]1. The molecule has 0 amide bonds. The van der Waals surface area contributed by atoms with Crippen molar-refractivity contribution in [2.45, 2.75) is 0 Å². The lowest BCUT2D eigenvalue weighted by Crippen LogP contribution is -2.25. The number of carbonyl (C=O) groups is 1. The van der Waals surface area contributed by atoms with E-state index in [-0.39, 0.29) is 18.4 Å². The number of nitrogens with two attached hydrogens (primary N) is 2. The second-order valence-corrected chi connectivity index (χ2v) is 2.14. The Bertz CT molecular complexity index is 301. The number of guanidine groups is 1. The van der Waals surface area contributed by atoms with Crippen molar-refractivity contribution in [1.29, 1.82) is 0 Å². The van der Waals surface area contributed by atoms with Crippen molar-refractivity contribution in [1.82, 2.24) is 10.2 Å². The van der Waals surface area contributed by atoms with Crippen LogP contribution in [0.25, 0.3) is 0 Å². The van der Waals surface area contributed by atoms with Crippen molar-refractivity contribution in [3.63, 3.8) is 0 Å². The number of aromatic amines is 1. The molecule has 0 atom stereocenters. The fraction of sp³-hybridized carbons (Fsp3) is 0.167. The van der Waals surface area contributed by atoms with Gasteiger partial charge in [-0.2, -0.15) is 5.10 Å². The predicted molar refractivity (Wildman–Crippen MR) is 44.9 cm³/mol. The van der Waals surface area contributed by atoms with Crippen molar-refractivity contribution in [3.8, 4) is 5.88 Å². The van der Waals surface area contributed by atoms with Crippen LogP contribution >= 0.6 is 0 Å². The molecule has 0 radical (unpaired) electrons. The molecular formula is C6H9N5O2. The fourth-order valence-electron chi connectivity index (χ4n) is 0.611. The molecular weight excluding hydrogens is 174 g/mol. The van der Waals surface area contributed by atoms with Crippen molar-refractivity contribution in [2.24, 2.45) is 16.5 Å². The van der Waals surface area contributed by atoms with Gasteiger partial charge in [-0.15, -0.1) is 0 Å². The number of nitrogens with zero attached hydrogens (tertiary/aromatic N) is 2. The van der Waals surface area contributed by atoms with E-state index in [1.807, 2.05) is 0 Å². The molecule has 0 unspecified atom stereocenters. The van der Waals surface area contributed by atoms with Gasteiger partial charge < -0.3 is 16.2 Å². The fourth-order valence-corrected chi connectivity index (χ4v) is 0.611. The van der Waals surface area contributed by atoms with Gasteiger partial charge >= 0.3 is 5.97 Å². The largest absolute Gasteiger partial charge is 0.407 e. The number of esters is 1. The summed E-state index contributed by atoms with van der Waals surface area (Å²) in [7, 11) is 0. The molecule has 70 valence electrons. The summed E-state index contributed by atoms with van der Waals surface area (Å²) in [5, 5.41) is 6.03. The first-order valence-electron chi connectivity index (χ1n) is 3.44. The number of aromatic nitrogens is 2. The van der Waals surface area contributed by atoms with Crippen LogP contribution in [0.1, 0.15) is 0 Å². The van der Waals surface area contributed by atoms with Gasteiger partial charge in [-0.1, -0.05) is 0 Å². The van der Waals surface area contributed by atoms with E-state index in [9.17, 15) is 4.79 Å². The second kappa shape index (κ2) is 4.10. The van der Waals surface area contributed by atoms with Crippen LogP contribution in [0.3, 0.4) is 0 Å². The molecule has 0 aliphatic carbocycles. The lowest BCUT2D eigenvalue weighted by atomic mass is 10.6. The Morgan fingerprint density at radius 2 is 2.46 bits per heavy atom. The molecule has 7 nitrogen and oxygen atoms in total. The molecule has 0 aromatic carbocycles. The molecule has 0 saturated carbocycles. The Kier molecular flexibility index (Phi) is 2.85. The Morgan fingerprint density at radius 3 is 3.00 bits per heavy atom. The van der Waals surface area contributed by atoms with Crippen LogP contribution < -0.4 is 16.2 Å². The highest BCUT2D eigenvalue weighted by molar-refractivity contribution is 5.80. The average molecular weight is 183 g/mol. The number of aliphatic imine (C=N–C) groups is 1. The highest BCUT2D eigenvalue weighted by atomic mass is 16.5. The van der Waals surface area contributed by atoms with Crippen molar-refractivity contribution in [2.75, 3.05) is 6.54 Å².